The minimum atomic E-state index is -4.86. The van der Waals surface area contributed by atoms with E-state index >= 15 is 0 Å². The van der Waals surface area contributed by atoms with Gasteiger partial charge in [-0.3, -0.25) is 0 Å². The maximum absolute atomic E-state index is 13.8. The van der Waals surface area contributed by atoms with Gasteiger partial charge in [0, 0.05) is 16.6 Å². The maximum atomic E-state index is 13.8. The number of nitrogens with zero attached hydrogens (tertiary/aromatic N) is 1. The number of fused-ring (bicyclic) bond motifs is 1. The van der Waals surface area contributed by atoms with Crippen molar-refractivity contribution in [2.75, 3.05) is 18.4 Å². The number of alkyl halides is 6. The van der Waals surface area contributed by atoms with Gasteiger partial charge in [-0.2, -0.15) is 26.3 Å². The molecule has 0 amide bonds. The highest BCUT2D eigenvalue weighted by Crippen LogP contribution is 2.41. The lowest BCUT2D eigenvalue weighted by atomic mass is 9.91. The minimum absolute atomic E-state index is 0.199. The van der Waals surface area contributed by atoms with E-state index in [9.17, 15) is 26.3 Å². The Labute approximate surface area is 215 Å². The fourth-order valence-corrected chi connectivity index (χ4v) is 4.95. The van der Waals surface area contributed by atoms with Crippen molar-refractivity contribution in [3.8, 4) is 11.3 Å². The van der Waals surface area contributed by atoms with Gasteiger partial charge in [0.15, 0.2) is 0 Å². The average Bonchev–Trinajstić information content (AvgIpc) is 2.88. The SMILES string of the molecule is FC(F)(F)c1ccc(C(F)(F)F)c(-c2cc(Nc3cccc(CC4CCNCC4)c3)c3ccccc3n2)c1. The van der Waals surface area contributed by atoms with Crippen molar-refractivity contribution in [1.29, 1.82) is 0 Å². The van der Waals surface area contributed by atoms with Crippen LogP contribution in [0.5, 0.6) is 0 Å². The Morgan fingerprint density at radius 1 is 0.816 bits per heavy atom. The topological polar surface area (TPSA) is 37.0 Å². The normalized spacial score (nSPS) is 15.1. The van der Waals surface area contributed by atoms with Crippen LogP contribution in [0.2, 0.25) is 0 Å². The minimum Gasteiger partial charge on any atom is -0.355 e. The van der Waals surface area contributed by atoms with Gasteiger partial charge in [0.05, 0.1) is 28.0 Å². The quantitative estimate of drug-likeness (QED) is 0.256. The molecule has 5 rings (SSSR count). The molecule has 1 fully saturated rings. The van der Waals surface area contributed by atoms with E-state index in [1.165, 1.54) is 6.07 Å². The first-order valence-corrected chi connectivity index (χ1v) is 12.3. The number of anilines is 2. The van der Waals surface area contributed by atoms with Gasteiger partial charge in [0.2, 0.25) is 0 Å². The molecule has 1 aliphatic rings. The molecular weight excluding hydrogens is 504 g/mol. The van der Waals surface area contributed by atoms with E-state index in [4.69, 9.17) is 0 Å². The Morgan fingerprint density at radius 2 is 1.58 bits per heavy atom. The molecule has 0 bridgehead atoms. The van der Waals surface area contributed by atoms with Crippen molar-refractivity contribution >= 4 is 22.3 Å². The fraction of sp³-hybridized carbons (Fsp3) is 0.276. The molecule has 38 heavy (non-hydrogen) atoms. The third-order valence-corrected chi connectivity index (χ3v) is 6.83. The molecule has 1 aliphatic heterocycles. The van der Waals surface area contributed by atoms with Crippen molar-refractivity contribution in [2.45, 2.75) is 31.6 Å². The van der Waals surface area contributed by atoms with Crippen LogP contribution in [0, 0.1) is 5.92 Å². The molecule has 0 saturated carbocycles. The van der Waals surface area contributed by atoms with Gasteiger partial charge < -0.3 is 10.6 Å². The van der Waals surface area contributed by atoms with Crippen molar-refractivity contribution in [1.82, 2.24) is 10.3 Å². The summed E-state index contributed by atoms with van der Waals surface area (Å²) in [4.78, 5) is 4.33. The van der Waals surface area contributed by atoms with Crippen LogP contribution in [0.25, 0.3) is 22.2 Å². The third kappa shape index (κ3) is 5.78. The molecule has 9 heteroatoms. The summed E-state index contributed by atoms with van der Waals surface area (Å²) < 4.78 is 81.8. The molecule has 3 aromatic carbocycles. The molecule has 1 aromatic heterocycles. The maximum Gasteiger partial charge on any atom is 0.417 e. The average molecular weight is 530 g/mol. The van der Waals surface area contributed by atoms with Crippen LogP contribution in [-0.4, -0.2) is 18.1 Å². The number of hydrogen-bond donors (Lipinski definition) is 2. The zero-order valence-corrected chi connectivity index (χ0v) is 20.3. The summed E-state index contributed by atoms with van der Waals surface area (Å²) in [6.45, 7) is 1.98. The number of nitrogens with one attached hydrogen (secondary N) is 2. The van der Waals surface area contributed by atoms with Gasteiger partial charge in [-0.15, -0.1) is 0 Å². The summed E-state index contributed by atoms with van der Waals surface area (Å²) in [5.74, 6) is 0.571. The molecule has 3 nitrogen and oxygen atoms in total. The predicted molar refractivity (Wildman–Crippen MR) is 136 cm³/mol. The summed E-state index contributed by atoms with van der Waals surface area (Å²) >= 11 is 0. The molecule has 0 unspecified atom stereocenters. The number of halogens is 6. The molecule has 0 aliphatic carbocycles. The summed E-state index contributed by atoms with van der Waals surface area (Å²) in [6.07, 6.45) is -6.56. The van der Waals surface area contributed by atoms with Crippen molar-refractivity contribution in [3.63, 3.8) is 0 Å². The van der Waals surface area contributed by atoms with E-state index in [0.29, 0.717) is 40.7 Å². The molecule has 2 N–H and O–H groups in total. The molecule has 2 heterocycles. The van der Waals surface area contributed by atoms with Crippen LogP contribution in [0.3, 0.4) is 0 Å². The van der Waals surface area contributed by atoms with Crippen LogP contribution in [0.15, 0.2) is 72.8 Å². The highest BCUT2D eigenvalue weighted by atomic mass is 19.4. The van der Waals surface area contributed by atoms with Gasteiger partial charge in [-0.05, 0) is 86.3 Å². The van der Waals surface area contributed by atoms with Crippen LogP contribution < -0.4 is 10.6 Å². The Balaban J connectivity index is 1.57. The molecule has 198 valence electrons. The summed E-state index contributed by atoms with van der Waals surface area (Å²) in [5, 5.41) is 7.28. The van der Waals surface area contributed by atoms with Gasteiger partial charge in [-0.25, -0.2) is 4.98 Å². The van der Waals surface area contributed by atoms with Gasteiger partial charge >= 0.3 is 12.4 Å². The predicted octanol–water partition coefficient (Wildman–Crippen LogP) is 8.23. The highest BCUT2D eigenvalue weighted by molar-refractivity contribution is 5.95. The highest BCUT2D eigenvalue weighted by Gasteiger charge is 2.37. The second-order valence-corrected chi connectivity index (χ2v) is 9.55. The zero-order valence-electron chi connectivity index (χ0n) is 20.3. The van der Waals surface area contributed by atoms with E-state index in [1.54, 1.807) is 24.3 Å². The lowest BCUT2D eigenvalue weighted by molar-refractivity contribution is -0.141. The first-order valence-electron chi connectivity index (χ1n) is 12.3. The smallest absolute Gasteiger partial charge is 0.355 e. The third-order valence-electron chi connectivity index (χ3n) is 6.83. The molecule has 0 atom stereocenters. The monoisotopic (exact) mass is 529 g/mol. The summed E-state index contributed by atoms with van der Waals surface area (Å²) in [7, 11) is 0. The Hall–Kier alpha value is -3.59. The van der Waals surface area contributed by atoms with Crippen LogP contribution in [0.4, 0.5) is 37.7 Å². The molecule has 4 aromatic rings. The second kappa shape index (κ2) is 10.3. The molecular formula is C29H25F6N3. The number of pyridine rings is 1. The van der Waals surface area contributed by atoms with E-state index < -0.39 is 29.0 Å². The van der Waals surface area contributed by atoms with Crippen molar-refractivity contribution < 1.29 is 26.3 Å². The largest absolute Gasteiger partial charge is 0.417 e. The second-order valence-electron chi connectivity index (χ2n) is 9.55. The van der Waals surface area contributed by atoms with Crippen LogP contribution in [-0.2, 0) is 18.8 Å². The van der Waals surface area contributed by atoms with Gasteiger partial charge in [-0.1, -0.05) is 30.3 Å². The van der Waals surface area contributed by atoms with Crippen molar-refractivity contribution in [3.05, 3.63) is 89.5 Å². The number of hydrogen-bond acceptors (Lipinski definition) is 3. The molecule has 0 radical (unpaired) electrons. The van der Waals surface area contributed by atoms with Crippen LogP contribution in [0.1, 0.15) is 29.5 Å². The van der Waals surface area contributed by atoms with Gasteiger partial charge in [0.25, 0.3) is 0 Å². The van der Waals surface area contributed by atoms with E-state index in [1.807, 2.05) is 24.3 Å². The summed E-state index contributed by atoms with van der Waals surface area (Å²) in [6, 6.07) is 17.5. The van der Waals surface area contributed by atoms with Crippen LogP contribution >= 0.6 is 0 Å². The summed E-state index contributed by atoms with van der Waals surface area (Å²) in [5.41, 5.74) is -0.481. The number of piperidine rings is 1. The standard InChI is InChI=1S/C29H25F6N3/c30-28(31,32)20-8-9-24(29(33,34)35)23(16-20)27-17-26(22-6-1-2-7-25(22)38-27)37-21-5-3-4-19(15-21)14-18-10-12-36-13-11-18/h1-9,15-18,36H,10-14H2,(H,37,38). The Morgan fingerprint density at radius 3 is 2.32 bits per heavy atom. The lowest BCUT2D eigenvalue weighted by Gasteiger charge is -2.22. The van der Waals surface area contributed by atoms with E-state index in [-0.39, 0.29) is 5.69 Å². The molecule has 1 saturated heterocycles. The Bertz CT molecular complexity index is 1440. The van der Waals surface area contributed by atoms with E-state index in [0.717, 1.165) is 43.6 Å². The zero-order chi connectivity index (χ0) is 26.9. The number of aromatic nitrogens is 1. The number of para-hydroxylation sites is 1. The first-order chi connectivity index (χ1) is 18.1. The van der Waals surface area contributed by atoms with E-state index in [2.05, 4.69) is 15.6 Å². The molecule has 0 spiro atoms. The fourth-order valence-electron chi connectivity index (χ4n) is 4.95. The number of rotatable bonds is 5. The van der Waals surface area contributed by atoms with Gasteiger partial charge in [0.1, 0.15) is 0 Å². The Kier molecular flexibility index (Phi) is 7.05. The van der Waals surface area contributed by atoms with Crippen molar-refractivity contribution in [2.24, 2.45) is 5.92 Å². The lowest BCUT2D eigenvalue weighted by Crippen LogP contribution is -2.28. The number of benzene rings is 3. The first kappa shape index (κ1) is 26.0.